The third-order valence-corrected chi connectivity index (χ3v) is 62.0. The van der Waals surface area contributed by atoms with Crippen molar-refractivity contribution in [2.45, 2.75) is 95.1 Å². The van der Waals surface area contributed by atoms with Crippen LogP contribution in [0.5, 0.6) is 0 Å². The quantitative estimate of drug-likeness (QED) is 0.522. The van der Waals surface area contributed by atoms with E-state index in [1.54, 1.807) is 0 Å². The van der Waals surface area contributed by atoms with Crippen LogP contribution in [0.4, 0.5) is 0 Å². The Balaban J connectivity index is 1.60. The molecule has 10 fully saturated rings. The monoisotopic (exact) mass is 340 g/mol. The molecule has 0 amide bonds. The van der Waals surface area contributed by atoms with E-state index in [0.29, 0.717) is 20.9 Å². The Morgan fingerprint density at radius 1 is 0.818 bits per heavy atom. The predicted octanol–water partition coefficient (Wildman–Crippen LogP) is 6.17. The molecule has 9 atom stereocenters. The Hall–Kier alpha value is 0.189. The van der Waals surface area contributed by atoms with Gasteiger partial charge in [0, 0.05) is 0 Å². The molecule has 2 heteroatoms. The number of Topliss-reactive ketones (excluding diaryl/α,β-unsaturated/α-hetero) is 1. The van der Waals surface area contributed by atoms with Crippen LogP contribution in [0, 0.1) is 10.8 Å². The molecule has 10 saturated heterocycles. The topological polar surface area (TPSA) is 17.1 Å². The molecule has 0 aromatic rings. The molecule has 1 spiro atoms. The third kappa shape index (κ3) is 0.107. The molecule has 9 unspecified atom stereocenters. The van der Waals surface area contributed by atoms with E-state index in [-0.39, 0.29) is 0 Å². The summed E-state index contributed by atoms with van der Waals surface area (Å²) in [6.07, 6.45) is 0. The van der Waals surface area contributed by atoms with Crippen LogP contribution in [0.3, 0.4) is 0 Å². The van der Waals surface area contributed by atoms with Gasteiger partial charge in [0.1, 0.15) is 0 Å². The fourth-order valence-electron chi connectivity index (χ4n) is 22.1. The Kier molecular flexibility index (Phi) is 0.409. The van der Waals surface area contributed by atoms with Crippen molar-refractivity contribution in [3.8, 4) is 0 Å². The Labute approximate surface area is 123 Å². The van der Waals surface area contributed by atoms with Crippen molar-refractivity contribution in [3.05, 3.63) is 0 Å². The molecule has 0 saturated carbocycles. The zero-order valence-corrected chi connectivity index (χ0v) is 15.9. The van der Waals surface area contributed by atoms with Crippen molar-refractivity contribution in [2.24, 2.45) is 10.8 Å². The first-order valence-electron chi connectivity index (χ1n) is 9.48. The van der Waals surface area contributed by atoms with Crippen molar-refractivity contribution < 1.29 is 11.3 Å². The van der Waals surface area contributed by atoms with Crippen molar-refractivity contribution in [3.63, 3.8) is 0 Å². The first kappa shape index (κ1) is 10.2. The molecule has 0 aromatic carbocycles. The van der Waals surface area contributed by atoms with Crippen LogP contribution in [0.2, 0.25) is 46.7 Å². The van der Waals surface area contributed by atoms with Gasteiger partial charge in [-0.25, -0.2) is 0 Å². The molecular formula is C20H28FeO. The summed E-state index contributed by atoms with van der Waals surface area (Å²) >= 11 is 0. The van der Waals surface area contributed by atoms with Crippen molar-refractivity contribution >= 4 is 5.78 Å². The van der Waals surface area contributed by atoms with Gasteiger partial charge in [0.25, 0.3) is 0 Å². The average molecular weight is 340 g/mol. The second kappa shape index (κ2) is 0.878. The third-order valence-electron chi connectivity index (χ3n) is 17.7. The zero-order chi connectivity index (χ0) is 15.4. The normalized spacial score (nSPS) is 103. The molecule has 0 radical (unpaired) electrons. The van der Waals surface area contributed by atoms with Crippen LogP contribution in [-0.4, -0.2) is 5.78 Å². The van der Waals surface area contributed by atoms with E-state index in [0.717, 1.165) is 18.3 Å². The van der Waals surface area contributed by atoms with Crippen molar-refractivity contribution in [2.75, 3.05) is 0 Å². The Morgan fingerprint density at radius 3 is 1.55 bits per heavy atom. The molecule has 122 valence electrons. The van der Waals surface area contributed by atoms with Gasteiger partial charge in [0.05, 0.1) is 0 Å². The summed E-state index contributed by atoms with van der Waals surface area (Å²) in [4.78, 5) is 21.1. The average Bonchev–Trinajstić information content (AvgIpc) is 3.29. The minimum absolute atomic E-state index is 0.393. The van der Waals surface area contributed by atoms with Crippen LogP contribution in [-0.2, 0) is 11.3 Å². The Bertz CT molecular complexity index is 1240. The first-order chi connectivity index (χ1) is 9.76. The molecule has 0 aliphatic carbocycles. The summed E-state index contributed by atoms with van der Waals surface area (Å²) < 4.78 is 1.94. The van der Waals surface area contributed by atoms with Gasteiger partial charge >= 0.3 is 123 Å². The standard InChI is InChI=1S/C11H15O.C9H13.Fe/c1-8(12)9-5-6-10(7-9)11(2,3)4;1-9(2,3)8-6-4-5-7-8;/h5-7H,1-4H3;4-7H,1-3H3;. The molecule has 0 bridgehead atoms. The van der Waals surface area contributed by atoms with Crippen molar-refractivity contribution in [1.29, 1.82) is 0 Å². The van der Waals surface area contributed by atoms with Gasteiger partial charge in [0.15, 0.2) is 0 Å². The molecule has 10 aliphatic rings. The van der Waals surface area contributed by atoms with Crippen molar-refractivity contribution in [1.82, 2.24) is 0 Å². The zero-order valence-electron chi connectivity index (χ0n) is 14.8. The molecule has 1 nitrogen and oxygen atoms in total. The predicted molar refractivity (Wildman–Crippen MR) is 83.9 cm³/mol. The first-order valence-corrected chi connectivity index (χ1v) is 15.6. The summed E-state index contributed by atoms with van der Waals surface area (Å²) in [5, 5.41) is 0. The number of carbonyl (C=O) groups is 1. The number of carbonyl (C=O) groups excluding carboxylic acids is 1. The fraction of sp³-hybridized carbons (Fsp3) is 0.950. The summed E-state index contributed by atoms with van der Waals surface area (Å²) in [7, 11) is 0. The van der Waals surface area contributed by atoms with E-state index >= 15 is 0 Å². The van der Waals surface area contributed by atoms with Crippen LogP contribution in [0.25, 0.3) is 0 Å². The Morgan fingerprint density at radius 2 is 1.32 bits per heavy atom. The van der Waals surface area contributed by atoms with E-state index in [1.165, 1.54) is 24.1 Å². The van der Waals surface area contributed by atoms with Gasteiger partial charge in [0.2, 0.25) is 0 Å². The summed E-state index contributed by atoms with van der Waals surface area (Å²) in [6, 6.07) is 0. The molecule has 0 aromatic heterocycles. The summed E-state index contributed by atoms with van der Waals surface area (Å²) in [5.74, 6) is 0.714. The van der Waals surface area contributed by atoms with Crippen LogP contribution in [0.15, 0.2) is 0 Å². The second-order valence-corrected chi connectivity index (χ2v) is 37.8. The van der Waals surface area contributed by atoms with Gasteiger partial charge in [-0.2, -0.15) is 0 Å². The van der Waals surface area contributed by atoms with Gasteiger partial charge in [-0.05, 0) is 0 Å². The molecule has 10 rings (SSSR count). The molecular weight excluding hydrogens is 312 g/mol. The van der Waals surface area contributed by atoms with Gasteiger partial charge in [-0.3, -0.25) is 0 Å². The number of hydrogen-bond acceptors (Lipinski definition) is 1. The van der Waals surface area contributed by atoms with Gasteiger partial charge in [-0.15, -0.1) is 0 Å². The van der Waals surface area contributed by atoms with Crippen LogP contribution in [0.1, 0.15) is 48.5 Å². The number of rotatable bonds is 1. The number of ketones is 1. The van der Waals surface area contributed by atoms with Gasteiger partial charge < -0.3 is 0 Å². The van der Waals surface area contributed by atoms with E-state index < -0.39 is 6.51 Å². The second-order valence-electron chi connectivity index (χ2n) is 14.9. The molecule has 10 aliphatic heterocycles. The summed E-state index contributed by atoms with van der Waals surface area (Å²) in [5.41, 5.74) is 0.978. The maximum absolute atomic E-state index is 13.2. The minimum atomic E-state index is -3.75. The van der Waals surface area contributed by atoms with Gasteiger partial charge in [-0.1, -0.05) is 0 Å². The fourth-order valence-corrected chi connectivity index (χ4v) is 107. The SMILES string of the molecule is CC(=O)[C]12[CH]3[CH]4[C]5(C(C)(C)C)[CH]1[Fe]34251678[CH]2[CH]1[CH]6[C]7(C(C)(C)C)[CH]28. The maximum atomic E-state index is 13.2. The van der Waals surface area contributed by atoms with E-state index in [4.69, 9.17) is 0 Å². The number of hydrogen-bond donors (Lipinski definition) is 0. The van der Waals surface area contributed by atoms with E-state index in [9.17, 15) is 4.79 Å². The van der Waals surface area contributed by atoms with E-state index in [1.807, 2.05) is 6.92 Å². The number of fused-ring (bicyclic) bond motifs is 10. The molecule has 22 heavy (non-hydrogen) atoms. The molecule has 0 N–H and O–H groups in total. The van der Waals surface area contributed by atoms with Crippen LogP contribution >= 0.6 is 0 Å². The molecule has 10 heterocycles. The summed E-state index contributed by atoms with van der Waals surface area (Å²) in [6.45, 7) is 13.8. The van der Waals surface area contributed by atoms with Crippen LogP contribution < -0.4 is 0 Å². The van der Waals surface area contributed by atoms with E-state index in [2.05, 4.69) is 41.5 Å².